The molecular weight excluding hydrogens is 389 g/mol. The summed E-state index contributed by atoms with van der Waals surface area (Å²) in [5.74, 6) is 1.36. The number of hydrogen-bond acceptors (Lipinski definition) is 5. The average molecular weight is 420 g/mol. The first-order valence-corrected chi connectivity index (χ1v) is 9.60. The highest BCUT2D eigenvalue weighted by Crippen LogP contribution is 2.36. The van der Waals surface area contributed by atoms with Crippen LogP contribution in [0.15, 0.2) is 12.1 Å². The second-order valence-electron chi connectivity index (χ2n) is 6.87. The molecule has 1 saturated heterocycles. The van der Waals surface area contributed by atoms with Crippen LogP contribution in [0.3, 0.4) is 0 Å². The van der Waals surface area contributed by atoms with E-state index in [0.717, 1.165) is 39.1 Å². The summed E-state index contributed by atoms with van der Waals surface area (Å²) < 4.78 is 11.1. The zero-order chi connectivity index (χ0) is 18.9. The van der Waals surface area contributed by atoms with Crippen molar-refractivity contribution in [2.24, 2.45) is 5.92 Å². The molecule has 1 fully saturated rings. The van der Waals surface area contributed by atoms with Crippen LogP contribution in [0, 0.1) is 5.92 Å². The Morgan fingerprint density at radius 3 is 2.67 bits per heavy atom. The molecule has 2 N–H and O–H groups in total. The number of piperazine rings is 1. The Labute approximate surface area is 173 Å². The van der Waals surface area contributed by atoms with Crippen molar-refractivity contribution in [2.75, 3.05) is 53.0 Å². The number of amides is 1. The molecule has 0 aliphatic carbocycles. The predicted octanol–water partition coefficient (Wildman–Crippen LogP) is 2.83. The number of rotatable bonds is 9. The first kappa shape index (κ1) is 23.8. The molecule has 1 aliphatic rings. The molecule has 0 bridgehead atoms. The largest absolute Gasteiger partial charge is 0.493 e. The van der Waals surface area contributed by atoms with Gasteiger partial charge in [-0.15, -0.1) is 12.4 Å². The van der Waals surface area contributed by atoms with Crippen molar-refractivity contribution in [2.45, 2.75) is 20.3 Å². The predicted molar refractivity (Wildman–Crippen MR) is 112 cm³/mol. The Hall–Kier alpha value is -1.21. The van der Waals surface area contributed by atoms with Gasteiger partial charge >= 0.3 is 0 Å². The van der Waals surface area contributed by atoms with E-state index in [1.807, 2.05) is 0 Å². The lowest BCUT2D eigenvalue weighted by Gasteiger charge is -2.27. The molecule has 1 aromatic carbocycles. The fraction of sp³-hybridized carbons (Fsp3) is 0.632. The first-order chi connectivity index (χ1) is 12.5. The number of ether oxygens (including phenoxy) is 2. The van der Waals surface area contributed by atoms with Gasteiger partial charge < -0.3 is 20.1 Å². The second kappa shape index (κ2) is 12.3. The van der Waals surface area contributed by atoms with Crippen molar-refractivity contribution >= 4 is 29.9 Å². The highest BCUT2D eigenvalue weighted by molar-refractivity contribution is 6.32. The maximum absolute atomic E-state index is 12.4. The van der Waals surface area contributed by atoms with E-state index in [9.17, 15) is 4.79 Å². The molecule has 1 heterocycles. The average Bonchev–Trinajstić information content (AvgIpc) is 2.63. The molecule has 0 unspecified atom stereocenters. The highest BCUT2D eigenvalue weighted by atomic mass is 35.5. The van der Waals surface area contributed by atoms with Gasteiger partial charge in [0.1, 0.15) is 0 Å². The highest BCUT2D eigenvalue weighted by Gasteiger charge is 2.16. The maximum Gasteiger partial charge on any atom is 0.251 e. The van der Waals surface area contributed by atoms with E-state index in [0.29, 0.717) is 41.2 Å². The van der Waals surface area contributed by atoms with E-state index in [1.54, 1.807) is 19.2 Å². The van der Waals surface area contributed by atoms with Crippen molar-refractivity contribution in [1.82, 2.24) is 15.5 Å². The molecule has 1 aromatic rings. The molecule has 8 heteroatoms. The van der Waals surface area contributed by atoms with Crippen LogP contribution in [0.2, 0.25) is 5.02 Å². The first-order valence-electron chi connectivity index (χ1n) is 9.23. The summed E-state index contributed by atoms with van der Waals surface area (Å²) in [7, 11) is 1.55. The van der Waals surface area contributed by atoms with Gasteiger partial charge in [0.15, 0.2) is 11.5 Å². The number of nitrogens with one attached hydrogen (secondary N) is 2. The van der Waals surface area contributed by atoms with Crippen LogP contribution in [0.25, 0.3) is 0 Å². The van der Waals surface area contributed by atoms with Crippen LogP contribution in [0.5, 0.6) is 11.5 Å². The zero-order valence-corrected chi connectivity index (χ0v) is 17.9. The number of nitrogens with zero attached hydrogens (tertiary/aromatic N) is 1. The SMILES string of the molecule is COc1cc(C(=O)NCCN2CCNCC2)cc(Cl)c1OCCC(C)C.Cl. The van der Waals surface area contributed by atoms with Crippen molar-refractivity contribution in [3.8, 4) is 11.5 Å². The Morgan fingerprint density at radius 2 is 2.04 bits per heavy atom. The minimum Gasteiger partial charge on any atom is -0.493 e. The van der Waals surface area contributed by atoms with Gasteiger partial charge in [-0.1, -0.05) is 25.4 Å². The minimum absolute atomic E-state index is 0. The van der Waals surface area contributed by atoms with Crippen molar-refractivity contribution < 1.29 is 14.3 Å². The van der Waals surface area contributed by atoms with E-state index < -0.39 is 0 Å². The third-order valence-electron chi connectivity index (χ3n) is 4.36. The summed E-state index contributed by atoms with van der Waals surface area (Å²) in [6, 6.07) is 3.31. The Morgan fingerprint density at radius 1 is 1.33 bits per heavy atom. The number of methoxy groups -OCH3 is 1. The van der Waals surface area contributed by atoms with Crippen molar-refractivity contribution in [3.05, 3.63) is 22.7 Å². The van der Waals surface area contributed by atoms with Gasteiger partial charge in [-0.3, -0.25) is 9.69 Å². The Balaban J connectivity index is 0.00000364. The summed E-state index contributed by atoms with van der Waals surface area (Å²) >= 11 is 6.33. The van der Waals surface area contributed by atoms with Gasteiger partial charge in [0.2, 0.25) is 0 Å². The van der Waals surface area contributed by atoms with E-state index >= 15 is 0 Å². The number of carbonyl (C=O) groups is 1. The quantitative estimate of drug-likeness (QED) is 0.644. The Kier molecular flexibility index (Phi) is 10.8. The third kappa shape index (κ3) is 7.74. The van der Waals surface area contributed by atoms with Crippen LogP contribution in [-0.2, 0) is 0 Å². The third-order valence-corrected chi connectivity index (χ3v) is 4.64. The monoisotopic (exact) mass is 419 g/mol. The van der Waals surface area contributed by atoms with E-state index in [4.69, 9.17) is 21.1 Å². The number of hydrogen-bond donors (Lipinski definition) is 2. The van der Waals surface area contributed by atoms with Crippen LogP contribution in [0.1, 0.15) is 30.6 Å². The van der Waals surface area contributed by atoms with Crippen molar-refractivity contribution in [3.63, 3.8) is 0 Å². The van der Waals surface area contributed by atoms with Gasteiger partial charge in [0.05, 0.1) is 18.7 Å². The standard InChI is InChI=1S/C19H30ClN3O3.ClH/c1-14(2)4-11-26-18-16(20)12-15(13-17(18)25-3)19(24)22-7-10-23-8-5-21-6-9-23;/h12-14,21H,4-11H2,1-3H3,(H,22,24);1H. The molecule has 0 radical (unpaired) electrons. The molecule has 0 atom stereocenters. The van der Waals surface area contributed by atoms with Gasteiger partial charge in [-0.2, -0.15) is 0 Å². The lowest BCUT2D eigenvalue weighted by atomic mass is 10.1. The summed E-state index contributed by atoms with van der Waals surface area (Å²) in [5.41, 5.74) is 0.475. The van der Waals surface area contributed by atoms with Crippen LogP contribution < -0.4 is 20.1 Å². The summed E-state index contributed by atoms with van der Waals surface area (Å²) in [4.78, 5) is 14.8. The molecule has 1 amide bonds. The van der Waals surface area contributed by atoms with E-state index in [-0.39, 0.29) is 18.3 Å². The summed E-state index contributed by atoms with van der Waals surface area (Å²) in [6.07, 6.45) is 0.924. The summed E-state index contributed by atoms with van der Waals surface area (Å²) in [5, 5.41) is 6.65. The fourth-order valence-electron chi connectivity index (χ4n) is 2.75. The van der Waals surface area contributed by atoms with Crippen LogP contribution >= 0.6 is 24.0 Å². The molecule has 0 spiro atoms. The lowest BCUT2D eigenvalue weighted by Crippen LogP contribution is -2.46. The topological polar surface area (TPSA) is 62.8 Å². The number of halogens is 2. The molecular formula is C19H31Cl2N3O3. The van der Waals surface area contributed by atoms with Gasteiger partial charge in [-0.05, 0) is 24.5 Å². The van der Waals surface area contributed by atoms with Crippen LogP contribution in [-0.4, -0.2) is 63.8 Å². The second-order valence-corrected chi connectivity index (χ2v) is 7.28. The zero-order valence-electron chi connectivity index (χ0n) is 16.3. The molecule has 27 heavy (non-hydrogen) atoms. The van der Waals surface area contributed by atoms with Gasteiger partial charge in [0, 0.05) is 44.8 Å². The number of carbonyl (C=O) groups excluding carboxylic acids is 1. The van der Waals surface area contributed by atoms with Gasteiger partial charge in [-0.25, -0.2) is 0 Å². The van der Waals surface area contributed by atoms with E-state index in [2.05, 4.69) is 29.4 Å². The Bertz CT molecular complexity index is 594. The lowest BCUT2D eigenvalue weighted by molar-refractivity contribution is 0.0947. The molecule has 154 valence electrons. The van der Waals surface area contributed by atoms with Crippen molar-refractivity contribution in [1.29, 1.82) is 0 Å². The normalized spacial score (nSPS) is 14.6. The molecule has 2 rings (SSSR count). The molecule has 0 saturated carbocycles. The van der Waals surface area contributed by atoms with Gasteiger partial charge in [0.25, 0.3) is 5.91 Å². The summed E-state index contributed by atoms with van der Waals surface area (Å²) in [6.45, 7) is 10.3. The number of benzene rings is 1. The minimum atomic E-state index is -0.158. The fourth-order valence-corrected chi connectivity index (χ4v) is 3.02. The smallest absolute Gasteiger partial charge is 0.251 e. The molecule has 1 aliphatic heterocycles. The maximum atomic E-state index is 12.4. The van der Waals surface area contributed by atoms with Crippen LogP contribution in [0.4, 0.5) is 0 Å². The molecule has 6 nitrogen and oxygen atoms in total. The molecule has 0 aromatic heterocycles. The van der Waals surface area contributed by atoms with E-state index in [1.165, 1.54) is 0 Å².